The van der Waals surface area contributed by atoms with Gasteiger partial charge in [-0.25, -0.2) is 0 Å². The van der Waals surface area contributed by atoms with Crippen LogP contribution in [0.1, 0.15) is 0 Å². The van der Waals surface area contributed by atoms with E-state index in [0.29, 0.717) is 0 Å². The zero-order chi connectivity index (χ0) is 4.99. The number of hydrogen-bond donors (Lipinski definition) is 1. The number of thiol groups is 1. The Kier molecular flexibility index (Phi) is 5.32. The van der Waals surface area contributed by atoms with Gasteiger partial charge in [0.1, 0.15) is 0 Å². The van der Waals surface area contributed by atoms with Crippen LogP contribution in [0, 0.1) is 0 Å². The van der Waals surface area contributed by atoms with Crippen molar-refractivity contribution in [2.75, 3.05) is 5.08 Å². The zero-order valence-electron chi connectivity index (χ0n) is 4.14. The second-order valence-electron chi connectivity index (χ2n) is 1.34. The molecule has 0 aliphatic rings. The number of hydrogen-bond acceptors (Lipinski definition) is 2. The third kappa shape index (κ3) is 5.24. The van der Waals surface area contributed by atoms with E-state index in [9.17, 15) is 0 Å². The standard InChI is InChI=1S/C3H10GeS2/c1-4(2)6-3-5/h4-5H,3H2,1-2H3. The van der Waals surface area contributed by atoms with Gasteiger partial charge in [-0.2, -0.15) is 0 Å². The van der Waals surface area contributed by atoms with E-state index in [-0.39, 0.29) is 0 Å². The van der Waals surface area contributed by atoms with Crippen LogP contribution in [0.25, 0.3) is 0 Å². The van der Waals surface area contributed by atoms with Crippen LogP contribution in [-0.4, -0.2) is 18.3 Å². The predicted octanol–water partition coefficient (Wildman–Crippen LogP) is 1.59. The van der Waals surface area contributed by atoms with Crippen molar-refractivity contribution in [2.24, 2.45) is 0 Å². The first-order valence-electron chi connectivity index (χ1n) is 2.00. The molecule has 0 aromatic carbocycles. The molecule has 3 heteroatoms. The summed E-state index contributed by atoms with van der Waals surface area (Å²) in [5.74, 6) is 4.71. The van der Waals surface area contributed by atoms with Gasteiger partial charge in [-0.15, -0.1) is 0 Å². The van der Waals surface area contributed by atoms with Crippen LogP contribution in [-0.2, 0) is 0 Å². The average Bonchev–Trinajstić information content (AvgIpc) is 1.35. The summed E-state index contributed by atoms with van der Waals surface area (Å²) in [5.41, 5.74) is 0. The Morgan fingerprint density at radius 2 is 2.17 bits per heavy atom. The fourth-order valence-electron chi connectivity index (χ4n) is 0.149. The minimum atomic E-state index is -0.704. The fraction of sp³-hybridized carbons (Fsp3) is 1.00. The van der Waals surface area contributed by atoms with Crippen molar-refractivity contribution in [3.8, 4) is 0 Å². The molecular formula is C3H10GeS2. The molecule has 0 atom stereocenters. The van der Waals surface area contributed by atoms with Crippen LogP contribution >= 0.6 is 22.7 Å². The average molecular weight is 183 g/mol. The SMILES string of the molecule is [CH3][GeH]([CH3])[S]CS. The third-order valence-electron chi connectivity index (χ3n) is 0.408. The first-order valence-corrected chi connectivity index (χ1v) is 11.5. The Bertz CT molecular complexity index is 30.0. The van der Waals surface area contributed by atoms with Gasteiger partial charge in [-0.3, -0.25) is 0 Å². The van der Waals surface area contributed by atoms with Crippen molar-refractivity contribution in [1.82, 2.24) is 0 Å². The quantitative estimate of drug-likeness (QED) is 0.385. The summed E-state index contributed by atoms with van der Waals surface area (Å²) in [5, 5.41) is 1.03. The van der Waals surface area contributed by atoms with Crippen LogP contribution in [0.4, 0.5) is 0 Å². The molecule has 0 spiro atoms. The molecule has 0 aliphatic heterocycles. The molecule has 0 heterocycles. The molecule has 0 bridgehead atoms. The van der Waals surface area contributed by atoms with Crippen LogP contribution in [0.2, 0.25) is 11.5 Å². The second kappa shape index (κ2) is 4.40. The molecule has 0 amide bonds. The molecule has 0 aromatic rings. The Morgan fingerprint density at radius 3 is 2.17 bits per heavy atom. The summed E-state index contributed by atoms with van der Waals surface area (Å²) < 4.78 is 0. The number of rotatable bonds is 2. The van der Waals surface area contributed by atoms with Crippen molar-refractivity contribution < 1.29 is 0 Å². The van der Waals surface area contributed by atoms with Gasteiger partial charge in [0.25, 0.3) is 0 Å². The van der Waals surface area contributed by atoms with Crippen LogP contribution < -0.4 is 0 Å². The molecule has 0 N–H and O–H groups in total. The minimum absolute atomic E-state index is 0.704. The van der Waals surface area contributed by atoms with Gasteiger partial charge in [0, 0.05) is 0 Å². The first-order chi connectivity index (χ1) is 2.77. The molecule has 0 fully saturated rings. The van der Waals surface area contributed by atoms with Gasteiger partial charge < -0.3 is 0 Å². The van der Waals surface area contributed by atoms with E-state index in [1.807, 2.05) is 10.1 Å². The van der Waals surface area contributed by atoms with E-state index in [1.165, 1.54) is 0 Å². The Labute approximate surface area is 52.6 Å². The molecule has 0 saturated carbocycles. The maximum atomic E-state index is 4.07. The predicted molar refractivity (Wildman–Crippen MR) is 40.3 cm³/mol. The van der Waals surface area contributed by atoms with Crippen LogP contribution in [0.5, 0.6) is 0 Å². The molecule has 0 nitrogen and oxygen atoms in total. The Morgan fingerprint density at radius 1 is 1.67 bits per heavy atom. The molecule has 0 unspecified atom stereocenters. The summed E-state index contributed by atoms with van der Waals surface area (Å²) in [6, 6.07) is 0. The van der Waals surface area contributed by atoms with Crippen molar-refractivity contribution in [3.63, 3.8) is 0 Å². The second-order valence-corrected chi connectivity index (χ2v) is 14.1. The first kappa shape index (κ1) is 7.24. The molecule has 0 aliphatic carbocycles. The third-order valence-corrected chi connectivity index (χ3v) is 8.68. The molecule has 0 aromatic heterocycles. The van der Waals surface area contributed by atoms with E-state index < -0.39 is 13.2 Å². The van der Waals surface area contributed by atoms with Gasteiger partial charge in [-0.1, -0.05) is 0 Å². The summed E-state index contributed by atoms with van der Waals surface area (Å²) in [6.07, 6.45) is 0. The van der Waals surface area contributed by atoms with Crippen molar-refractivity contribution >= 4 is 35.9 Å². The van der Waals surface area contributed by atoms with E-state index in [1.54, 1.807) is 0 Å². The van der Waals surface area contributed by atoms with Crippen molar-refractivity contribution in [1.29, 1.82) is 0 Å². The molecule has 0 saturated heterocycles. The summed E-state index contributed by atoms with van der Waals surface area (Å²) in [6.45, 7) is 0. The van der Waals surface area contributed by atoms with Gasteiger partial charge in [0.15, 0.2) is 0 Å². The summed E-state index contributed by atoms with van der Waals surface area (Å²) in [4.78, 5) is 0. The van der Waals surface area contributed by atoms with Crippen LogP contribution in [0.15, 0.2) is 0 Å². The summed E-state index contributed by atoms with van der Waals surface area (Å²) in [7, 11) is 2.04. The molecular weight excluding hydrogens is 173 g/mol. The van der Waals surface area contributed by atoms with Crippen molar-refractivity contribution in [2.45, 2.75) is 11.5 Å². The van der Waals surface area contributed by atoms with E-state index in [2.05, 4.69) is 24.1 Å². The van der Waals surface area contributed by atoms with Crippen LogP contribution in [0.3, 0.4) is 0 Å². The van der Waals surface area contributed by atoms with Gasteiger partial charge >= 0.3 is 52.5 Å². The molecule has 38 valence electrons. The molecule has 0 rings (SSSR count). The molecule has 0 radical (unpaired) electrons. The van der Waals surface area contributed by atoms with E-state index >= 15 is 0 Å². The summed E-state index contributed by atoms with van der Waals surface area (Å²) >= 11 is 3.37. The maximum absolute atomic E-state index is 4.07. The van der Waals surface area contributed by atoms with Gasteiger partial charge in [-0.05, 0) is 0 Å². The van der Waals surface area contributed by atoms with E-state index in [0.717, 1.165) is 5.08 Å². The monoisotopic (exact) mass is 184 g/mol. The normalized spacial score (nSPS) is 10.0. The van der Waals surface area contributed by atoms with Crippen molar-refractivity contribution in [3.05, 3.63) is 0 Å². The molecule has 6 heavy (non-hydrogen) atoms. The fourth-order valence-corrected chi connectivity index (χ4v) is 6.97. The van der Waals surface area contributed by atoms with Gasteiger partial charge in [0.2, 0.25) is 0 Å². The topological polar surface area (TPSA) is 0 Å². The Hall–Kier alpha value is 1.24. The Balaban J connectivity index is 2.63. The van der Waals surface area contributed by atoms with E-state index in [4.69, 9.17) is 0 Å². The zero-order valence-corrected chi connectivity index (χ0v) is 8.27. The van der Waals surface area contributed by atoms with Gasteiger partial charge in [0.05, 0.1) is 0 Å².